The topological polar surface area (TPSA) is 49.4 Å². The molecule has 1 N–H and O–H groups in total. The van der Waals surface area contributed by atoms with E-state index in [1.165, 1.54) is 6.07 Å². The number of nitrogens with zero attached hydrogens (tertiary/aromatic N) is 1. The van der Waals surface area contributed by atoms with E-state index in [1.807, 2.05) is 55.4 Å². The summed E-state index contributed by atoms with van der Waals surface area (Å²) in [4.78, 5) is 23.7. The van der Waals surface area contributed by atoms with Gasteiger partial charge in [-0.3, -0.25) is 9.59 Å². The third kappa shape index (κ3) is 17.0. The van der Waals surface area contributed by atoms with Gasteiger partial charge in [-0.1, -0.05) is 62.3 Å². The molecule has 23 heavy (non-hydrogen) atoms. The molecule has 0 spiro atoms. The zero-order valence-electron chi connectivity index (χ0n) is 17.4. The van der Waals surface area contributed by atoms with E-state index in [0.29, 0.717) is 5.69 Å². The zero-order chi connectivity index (χ0) is 19.3. The largest absolute Gasteiger partial charge is 0.382 e. The van der Waals surface area contributed by atoms with Gasteiger partial charge in [0.2, 0.25) is 10.9 Å². The van der Waals surface area contributed by atoms with Crippen molar-refractivity contribution < 1.29 is 0 Å². The number of unbranched alkanes of at least 4 members (excludes halogenated alkanes) is 1. The Labute approximate surface area is 145 Å². The average molecular weight is 331 g/mol. The molecule has 4 nitrogen and oxygen atoms in total. The molecular formula is C19H42N2O2. The van der Waals surface area contributed by atoms with Gasteiger partial charge in [0.25, 0.3) is 0 Å². The van der Waals surface area contributed by atoms with Crippen molar-refractivity contribution >= 4 is 5.69 Å². The quantitative estimate of drug-likeness (QED) is 0.589. The molecule has 0 amide bonds. The molecule has 0 aliphatic heterocycles. The van der Waals surface area contributed by atoms with Crippen LogP contribution in [-0.4, -0.2) is 31.6 Å². The lowest BCUT2D eigenvalue weighted by atomic mass is 10.2. The van der Waals surface area contributed by atoms with E-state index in [4.69, 9.17) is 0 Å². The van der Waals surface area contributed by atoms with Crippen LogP contribution in [0.25, 0.3) is 0 Å². The predicted octanol–water partition coefficient (Wildman–Crippen LogP) is 4.53. The first-order chi connectivity index (χ1) is 11.1. The summed E-state index contributed by atoms with van der Waals surface area (Å²) in [5, 5.41) is 2.96. The number of rotatable bonds is 7. The predicted molar refractivity (Wildman–Crippen MR) is 108 cm³/mol. The van der Waals surface area contributed by atoms with Crippen LogP contribution in [0.4, 0.5) is 5.69 Å². The van der Waals surface area contributed by atoms with Gasteiger partial charge in [-0.05, 0) is 33.0 Å². The summed E-state index contributed by atoms with van der Waals surface area (Å²) in [6.45, 7) is 21.0. The van der Waals surface area contributed by atoms with Crippen molar-refractivity contribution in [3.63, 3.8) is 0 Å². The fraction of sp³-hybridized carbons (Fsp3) is 0.789. The van der Waals surface area contributed by atoms with E-state index in [1.54, 1.807) is 0 Å². The maximum Gasteiger partial charge on any atom is 0.248 e. The van der Waals surface area contributed by atoms with Crippen LogP contribution in [0.5, 0.6) is 0 Å². The van der Waals surface area contributed by atoms with E-state index < -0.39 is 0 Å². The highest BCUT2D eigenvalue weighted by molar-refractivity contribution is 5.46. The Morgan fingerprint density at radius 1 is 0.913 bits per heavy atom. The summed E-state index contributed by atoms with van der Waals surface area (Å²) in [6.07, 6.45) is 2.12. The van der Waals surface area contributed by atoms with Crippen LogP contribution in [-0.2, 0) is 0 Å². The summed E-state index contributed by atoms with van der Waals surface area (Å²) in [7, 11) is 2.09. The summed E-state index contributed by atoms with van der Waals surface area (Å²) in [6, 6.07) is 1.36. The zero-order valence-corrected chi connectivity index (χ0v) is 17.4. The SMILES string of the molecule is CC.CC.CC.CC.CCN(C)CCCCNc1cc(=O)c1=O. The van der Waals surface area contributed by atoms with Crippen LogP contribution in [0.2, 0.25) is 0 Å². The molecule has 4 heteroatoms. The maximum atomic E-state index is 10.9. The van der Waals surface area contributed by atoms with E-state index in [9.17, 15) is 9.59 Å². The van der Waals surface area contributed by atoms with Crippen molar-refractivity contribution in [2.24, 2.45) is 0 Å². The van der Waals surface area contributed by atoms with E-state index in [0.717, 1.165) is 32.5 Å². The second kappa shape index (κ2) is 25.8. The van der Waals surface area contributed by atoms with Crippen LogP contribution in [0, 0.1) is 0 Å². The fourth-order valence-electron chi connectivity index (χ4n) is 1.34. The molecule has 0 fully saturated rings. The van der Waals surface area contributed by atoms with Gasteiger partial charge in [0.05, 0.1) is 5.69 Å². The molecule has 0 atom stereocenters. The molecule has 0 radical (unpaired) electrons. The first kappa shape index (κ1) is 29.8. The lowest BCUT2D eigenvalue weighted by molar-refractivity contribution is 0.345. The molecule has 0 unspecified atom stereocenters. The minimum absolute atomic E-state index is 0.374. The molecule has 1 aromatic carbocycles. The Morgan fingerprint density at radius 3 is 1.74 bits per heavy atom. The van der Waals surface area contributed by atoms with Gasteiger partial charge >= 0.3 is 0 Å². The van der Waals surface area contributed by atoms with Gasteiger partial charge in [-0.2, -0.15) is 0 Å². The first-order valence-corrected chi connectivity index (χ1v) is 9.38. The molecule has 0 heterocycles. The van der Waals surface area contributed by atoms with Gasteiger partial charge in [0.1, 0.15) is 0 Å². The third-order valence-corrected chi connectivity index (χ3v) is 2.57. The van der Waals surface area contributed by atoms with Gasteiger partial charge in [0.15, 0.2) is 0 Å². The highest BCUT2D eigenvalue weighted by atomic mass is 16.2. The lowest BCUT2D eigenvalue weighted by Gasteiger charge is -2.13. The molecule has 0 saturated heterocycles. The van der Waals surface area contributed by atoms with Crippen molar-refractivity contribution in [3.05, 3.63) is 26.5 Å². The summed E-state index contributed by atoms with van der Waals surface area (Å²) < 4.78 is 0. The minimum Gasteiger partial charge on any atom is -0.382 e. The van der Waals surface area contributed by atoms with Crippen LogP contribution in [0.1, 0.15) is 75.2 Å². The Bertz CT molecular complexity index is 369. The number of hydrogen-bond donors (Lipinski definition) is 1. The average Bonchev–Trinajstić information content (AvgIpc) is 2.66. The van der Waals surface area contributed by atoms with Gasteiger partial charge < -0.3 is 10.2 Å². The van der Waals surface area contributed by atoms with Crippen LogP contribution >= 0.6 is 0 Å². The normalized spacial score (nSPS) is 8.30. The van der Waals surface area contributed by atoms with Crippen LogP contribution < -0.4 is 16.2 Å². The van der Waals surface area contributed by atoms with Crippen molar-refractivity contribution in [2.75, 3.05) is 32.0 Å². The standard InChI is InChI=1S/C11H18N2O2.4C2H6/c1-3-13(2)7-5-4-6-12-9-8-10(14)11(9)15;4*1-2/h8,12H,3-7H2,1-2H3;4*1-2H3. The minimum atomic E-state index is -0.386. The van der Waals surface area contributed by atoms with Crippen molar-refractivity contribution in [2.45, 2.75) is 75.2 Å². The van der Waals surface area contributed by atoms with Gasteiger partial charge in [-0.15, -0.1) is 0 Å². The van der Waals surface area contributed by atoms with E-state index in [2.05, 4.69) is 24.2 Å². The number of hydrogen-bond acceptors (Lipinski definition) is 4. The second-order valence-electron chi connectivity index (χ2n) is 3.78. The number of nitrogens with one attached hydrogen (secondary N) is 1. The molecule has 0 aliphatic rings. The molecule has 1 aromatic rings. The first-order valence-electron chi connectivity index (χ1n) is 9.38. The molecule has 0 saturated carbocycles. The monoisotopic (exact) mass is 330 g/mol. The molecule has 0 aromatic heterocycles. The highest BCUT2D eigenvalue weighted by Gasteiger charge is 2.07. The molecule has 140 valence electrons. The van der Waals surface area contributed by atoms with E-state index in [-0.39, 0.29) is 10.9 Å². The molecular weight excluding hydrogens is 288 g/mol. The number of anilines is 1. The fourth-order valence-corrected chi connectivity index (χ4v) is 1.34. The molecule has 1 rings (SSSR count). The van der Waals surface area contributed by atoms with Gasteiger partial charge in [-0.25, -0.2) is 0 Å². The summed E-state index contributed by atoms with van der Waals surface area (Å²) in [5.41, 5.74) is -0.285. The second-order valence-corrected chi connectivity index (χ2v) is 3.78. The van der Waals surface area contributed by atoms with Crippen LogP contribution in [0.15, 0.2) is 15.7 Å². The van der Waals surface area contributed by atoms with Crippen LogP contribution in [0.3, 0.4) is 0 Å². The Morgan fingerprint density at radius 2 is 1.39 bits per heavy atom. The summed E-state index contributed by atoms with van der Waals surface area (Å²) >= 11 is 0. The summed E-state index contributed by atoms with van der Waals surface area (Å²) in [5.74, 6) is 0. The van der Waals surface area contributed by atoms with Crippen molar-refractivity contribution in [1.82, 2.24) is 4.90 Å². The molecule has 0 bridgehead atoms. The lowest BCUT2D eigenvalue weighted by Crippen LogP contribution is -2.32. The molecule has 0 aliphatic carbocycles. The Kier molecular flexibility index (Phi) is 33.4. The smallest absolute Gasteiger partial charge is 0.248 e. The Balaban J connectivity index is -0.000000196. The Hall–Kier alpha value is -1.16. The van der Waals surface area contributed by atoms with Gasteiger partial charge in [0, 0.05) is 12.6 Å². The maximum absolute atomic E-state index is 10.9. The highest BCUT2D eigenvalue weighted by Crippen LogP contribution is 1.97. The van der Waals surface area contributed by atoms with E-state index >= 15 is 0 Å². The van der Waals surface area contributed by atoms with Crippen molar-refractivity contribution in [1.29, 1.82) is 0 Å². The van der Waals surface area contributed by atoms with Crippen molar-refractivity contribution in [3.8, 4) is 0 Å². The third-order valence-electron chi connectivity index (χ3n) is 2.57.